The van der Waals surface area contributed by atoms with Crippen LogP contribution in [0.3, 0.4) is 0 Å². The molecule has 0 bridgehead atoms. The van der Waals surface area contributed by atoms with Crippen molar-refractivity contribution >= 4 is 34.6 Å². The molecule has 8 heteroatoms. The van der Waals surface area contributed by atoms with E-state index >= 15 is 0 Å². The number of anilines is 4. The molecule has 0 fully saturated rings. The fourth-order valence-corrected chi connectivity index (χ4v) is 2.70. The highest BCUT2D eigenvalue weighted by atomic mass is 32.1. The van der Waals surface area contributed by atoms with Gasteiger partial charge in [0.25, 0.3) is 0 Å². The van der Waals surface area contributed by atoms with Gasteiger partial charge in [-0.2, -0.15) is 21.3 Å². The van der Waals surface area contributed by atoms with Gasteiger partial charge in [0.15, 0.2) is 11.6 Å². The van der Waals surface area contributed by atoms with E-state index in [9.17, 15) is 0 Å². The largest absolute Gasteiger partial charge is 0.324 e. The molecule has 7 nitrogen and oxygen atoms in total. The Morgan fingerprint density at radius 3 is 2.14 bits per heavy atom. The van der Waals surface area contributed by atoms with E-state index in [4.69, 9.17) is 11.7 Å². The van der Waals surface area contributed by atoms with Crippen LogP contribution in [0.4, 0.5) is 23.3 Å². The zero-order valence-electron chi connectivity index (χ0n) is 11.6. The van der Waals surface area contributed by atoms with Crippen LogP contribution < -0.4 is 27.9 Å². The first-order chi connectivity index (χ1) is 10.8. The Balaban J connectivity index is 2.04. The van der Waals surface area contributed by atoms with Crippen LogP contribution in [0.5, 0.6) is 0 Å². The molecule has 0 amide bonds. The SMILES string of the molecule is NNc1nc(Nc2ccccc2)nc(NN)c1-c1ccsc1. The molecule has 3 aromatic rings. The summed E-state index contributed by atoms with van der Waals surface area (Å²) in [4.78, 5) is 8.80. The highest BCUT2D eigenvalue weighted by Crippen LogP contribution is 2.34. The highest BCUT2D eigenvalue weighted by molar-refractivity contribution is 7.08. The van der Waals surface area contributed by atoms with Gasteiger partial charge in [-0.05, 0) is 34.5 Å². The number of thiophene rings is 1. The van der Waals surface area contributed by atoms with Crippen molar-refractivity contribution in [3.8, 4) is 11.1 Å². The Hall–Kier alpha value is -2.68. The molecular formula is C14H15N7S. The molecule has 22 heavy (non-hydrogen) atoms. The summed E-state index contributed by atoms with van der Waals surface area (Å²) in [7, 11) is 0. The van der Waals surface area contributed by atoms with Crippen molar-refractivity contribution in [2.45, 2.75) is 0 Å². The Labute approximate surface area is 131 Å². The molecule has 0 aliphatic carbocycles. The summed E-state index contributed by atoms with van der Waals surface area (Å²) in [6.07, 6.45) is 0. The van der Waals surface area contributed by atoms with Crippen molar-refractivity contribution in [2.24, 2.45) is 11.7 Å². The van der Waals surface area contributed by atoms with E-state index in [0.717, 1.165) is 16.8 Å². The number of hydrogen-bond acceptors (Lipinski definition) is 8. The van der Waals surface area contributed by atoms with E-state index < -0.39 is 0 Å². The predicted octanol–water partition coefficient (Wildman–Crippen LogP) is 2.52. The van der Waals surface area contributed by atoms with Crippen molar-refractivity contribution in [3.05, 3.63) is 47.2 Å². The van der Waals surface area contributed by atoms with E-state index in [1.165, 1.54) is 0 Å². The molecular weight excluding hydrogens is 298 g/mol. The normalized spacial score (nSPS) is 10.3. The molecule has 2 aromatic heterocycles. The maximum atomic E-state index is 5.61. The van der Waals surface area contributed by atoms with Gasteiger partial charge in [0.1, 0.15) is 0 Å². The van der Waals surface area contributed by atoms with Crippen LogP contribution in [-0.4, -0.2) is 9.97 Å². The number of hydrogen-bond donors (Lipinski definition) is 5. The number of rotatable bonds is 5. The number of nitrogen functional groups attached to an aromatic ring is 2. The molecule has 1 aromatic carbocycles. The number of benzene rings is 1. The van der Waals surface area contributed by atoms with Crippen LogP contribution in [0, 0.1) is 0 Å². The molecule has 0 spiro atoms. The van der Waals surface area contributed by atoms with Crippen LogP contribution in [0.1, 0.15) is 0 Å². The van der Waals surface area contributed by atoms with E-state index in [2.05, 4.69) is 26.1 Å². The Morgan fingerprint density at radius 2 is 1.59 bits per heavy atom. The molecule has 2 heterocycles. The quantitative estimate of drug-likeness (QED) is 0.363. The molecule has 0 atom stereocenters. The molecule has 112 valence electrons. The van der Waals surface area contributed by atoms with Crippen LogP contribution in [0.2, 0.25) is 0 Å². The number of aromatic nitrogens is 2. The Kier molecular flexibility index (Phi) is 4.15. The number of nitrogens with two attached hydrogens (primary N) is 2. The minimum absolute atomic E-state index is 0.395. The summed E-state index contributed by atoms with van der Waals surface area (Å²) in [5.41, 5.74) is 7.75. The summed E-state index contributed by atoms with van der Waals surface area (Å²) >= 11 is 1.57. The van der Waals surface area contributed by atoms with Crippen molar-refractivity contribution in [2.75, 3.05) is 16.2 Å². The predicted molar refractivity (Wildman–Crippen MR) is 90.7 cm³/mol. The summed E-state index contributed by atoms with van der Waals surface area (Å²) in [6, 6.07) is 11.6. The van der Waals surface area contributed by atoms with Crippen LogP contribution in [0.25, 0.3) is 11.1 Å². The van der Waals surface area contributed by atoms with Gasteiger partial charge in [-0.1, -0.05) is 18.2 Å². The van der Waals surface area contributed by atoms with Crippen LogP contribution >= 0.6 is 11.3 Å². The van der Waals surface area contributed by atoms with Gasteiger partial charge in [0.2, 0.25) is 5.95 Å². The third-order valence-corrected chi connectivity index (χ3v) is 3.71. The summed E-state index contributed by atoms with van der Waals surface area (Å²) < 4.78 is 0. The molecule has 7 N–H and O–H groups in total. The smallest absolute Gasteiger partial charge is 0.231 e. The highest BCUT2D eigenvalue weighted by Gasteiger charge is 2.16. The van der Waals surface area contributed by atoms with Gasteiger partial charge in [-0.15, -0.1) is 0 Å². The first kappa shape index (κ1) is 14.3. The van der Waals surface area contributed by atoms with Crippen molar-refractivity contribution in [3.63, 3.8) is 0 Å². The lowest BCUT2D eigenvalue weighted by Crippen LogP contribution is -2.16. The standard InChI is InChI=1S/C14H15N7S/c15-20-12-11(9-6-7-22-8-9)13(21-16)19-14(18-12)17-10-4-2-1-3-5-10/h1-8H,15-16H2,(H3,17,18,19,20,21). The number of hydrazine groups is 2. The van der Waals surface area contributed by atoms with E-state index in [1.54, 1.807) is 11.3 Å². The van der Waals surface area contributed by atoms with Crippen LogP contribution in [-0.2, 0) is 0 Å². The minimum atomic E-state index is 0.395. The molecule has 3 rings (SSSR count). The van der Waals surface area contributed by atoms with Gasteiger partial charge in [-0.3, -0.25) is 0 Å². The fourth-order valence-electron chi connectivity index (χ4n) is 2.06. The van der Waals surface area contributed by atoms with Crippen molar-refractivity contribution in [1.82, 2.24) is 9.97 Å². The maximum absolute atomic E-state index is 5.61. The third-order valence-electron chi connectivity index (χ3n) is 3.02. The molecule has 0 aliphatic heterocycles. The second kappa shape index (κ2) is 6.39. The molecule has 0 saturated heterocycles. The molecule has 0 radical (unpaired) electrons. The topological polar surface area (TPSA) is 114 Å². The average molecular weight is 313 g/mol. The monoisotopic (exact) mass is 313 g/mol. The van der Waals surface area contributed by atoms with E-state index in [0.29, 0.717) is 17.6 Å². The summed E-state index contributed by atoms with van der Waals surface area (Å²) in [5.74, 6) is 12.6. The lowest BCUT2D eigenvalue weighted by atomic mass is 10.1. The van der Waals surface area contributed by atoms with Gasteiger partial charge >= 0.3 is 0 Å². The zero-order chi connectivity index (χ0) is 15.4. The summed E-state index contributed by atoms with van der Waals surface area (Å²) in [5, 5.41) is 7.06. The van der Waals surface area contributed by atoms with Gasteiger partial charge in [0.05, 0.1) is 5.56 Å². The third kappa shape index (κ3) is 2.84. The zero-order valence-corrected chi connectivity index (χ0v) is 12.4. The number of nitrogens with one attached hydrogen (secondary N) is 3. The number of para-hydroxylation sites is 1. The Bertz CT molecular complexity index is 718. The first-order valence-electron chi connectivity index (χ1n) is 6.51. The van der Waals surface area contributed by atoms with E-state index in [1.807, 2.05) is 47.2 Å². The molecule has 0 aliphatic rings. The van der Waals surface area contributed by atoms with Crippen molar-refractivity contribution in [1.29, 1.82) is 0 Å². The second-order valence-electron chi connectivity index (χ2n) is 4.41. The van der Waals surface area contributed by atoms with Crippen LogP contribution in [0.15, 0.2) is 47.2 Å². The van der Waals surface area contributed by atoms with Gasteiger partial charge < -0.3 is 16.2 Å². The van der Waals surface area contributed by atoms with Gasteiger partial charge in [0, 0.05) is 5.69 Å². The second-order valence-corrected chi connectivity index (χ2v) is 5.19. The molecule has 0 saturated carbocycles. The summed E-state index contributed by atoms with van der Waals surface area (Å²) in [6.45, 7) is 0. The maximum Gasteiger partial charge on any atom is 0.231 e. The van der Waals surface area contributed by atoms with Crippen molar-refractivity contribution < 1.29 is 0 Å². The minimum Gasteiger partial charge on any atom is -0.324 e. The number of nitrogens with zero attached hydrogens (tertiary/aromatic N) is 2. The van der Waals surface area contributed by atoms with Gasteiger partial charge in [-0.25, -0.2) is 11.7 Å². The average Bonchev–Trinajstić information content (AvgIpc) is 3.09. The lowest BCUT2D eigenvalue weighted by Gasteiger charge is -2.14. The lowest BCUT2D eigenvalue weighted by molar-refractivity contribution is 1.12. The first-order valence-corrected chi connectivity index (χ1v) is 7.46. The molecule has 0 unspecified atom stereocenters. The van der Waals surface area contributed by atoms with E-state index in [-0.39, 0.29) is 0 Å². The Morgan fingerprint density at radius 1 is 0.909 bits per heavy atom. The fraction of sp³-hybridized carbons (Fsp3) is 0.